The lowest BCUT2D eigenvalue weighted by Gasteiger charge is -2.41. The minimum atomic E-state index is 0.679. The molecule has 0 radical (unpaired) electrons. The molecule has 18 heavy (non-hydrogen) atoms. The maximum atomic E-state index is 3.41. The van der Waals surface area contributed by atoms with Crippen molar-refractivity contribution < 1.29 is 0 Å². The molecule has 1 aliphatic carbocycles. The van der Waals surface area contributed by atoms with Gasteiger partial charge in [-0.1, -0.05) is 0 Å². The third-order valence-electron chi connectivity index (χ3n) is 4.45. The minimum absolute atomic E-state index is 0.679. The average molecular weight is 264 g/mol. The van der Waals surface area contributed by atoms with Crippen LogP contribution in [0.2, 0.25) is 0 Å². The summed E-state index contributed by atoms with van der Waals surface area (Å²) in [5, 5.41) is 5.67. The van der Waals surface area contributed by atoms with Crippen molar-refractivity contribution in [1.29, 1.82) is 0 Å². The minimum Gasteiger partial charge on any atom is -0.319 e. The molecule has 2 nitrogen and oxygen atoms in total. The first kappa shape index (κ1) is 12.6. The van der Waals surface area contributed by atoms with Gasteiger partial charge in [0, 0.05) is 17.0 Å². The van der Waals surface area contributed by atoms with Crippen LogP contribution in [0.4, 0.5) is 0 Å². The van der Waals surface area contributed by atoms with Crippen molar-refractivity contribution in [2.45, 2.75) is 44.7 Å². The Morgan fingerprint density at radius 3 is 2.83 bits per heavy atom. The molecule has 1 aromatic rings. The van der Waals surface area contributed by atoms with Gasteiger partial charge in [0.25, 0.3) is 0 Å². The van der Waals surface area contributed by atoms with E-state index < -0.39 is 0 Å². The summed E-state index contributed by atoms with van der Waals surface area (Å²) in [6.45, 7) is 4.75. The van der Waals surface area contributed by atoms with Crippen molar-refractivity contribution in [3.8, 4) is 0 Å². The van der Waals surface area contributed by atoms with E-state index >= 15 is 0 Å². The van der Waals surface area contributed by atoms with E-state index in [0.717, 1.165) is 18.5 Å². The Morgan fingerprint density at radius 2 is 2.22 bits per heavy atom. The van der Waals surface area contributed by atoms with E-state index in [0.29, 0.717) is 6.04 Å². The van der Waals surface area contributed by atoms with E-state index in [1.807, 2.05) is 11.3 Å². The van der Waals surface area contributed by atoms with E-state index in [1.54, 1.807) is 4.88 Å². The molecule has 1 aliphatic heterocycles. The molecule has 2 aliphatic rings. The lowest BCUT2D eigenvalue weighted by Crippen LogP contribution is -2.43. The molecule has 2 unspecified atom stereocenters. The molecule has 0 aromatic carbocycles. The van der Waals surface area contributed by atoms with Gasteiger partial charge in [-0.25, -0.2) is 0 Å². The normalized spacial score (nSPS) is 29.7. The molecule has 2 atom stereocenters. The molecule has 2 fully saturated rings. The maximum absolute atomic E-state index is 3.41. The second-order valence-electron chi connectivity index (χ2n) is 5.84. The Bertz CT molecular complexity index is 395. The summed E-state index contributed by atoms with van der Waals surface area (Å²) >= 11 is 1.97. The van der Waals surface area contributed by atoms with Crippen LogP contribution in [0.15, 0.2) is 11.4 Å². The number of rotatable bonds is 4. The zero-order valence-corrected chi connectivity index (χ0v) is 12.3. The van der Waals surface area contributed by atoms with Gasteiger partial charge in [-0.05, 0) is 75.7 Å². The molecule has 2 heterocycles. The van der Waals surface area contributed by atoms with Crippen molar-refractivity contribution in [3.05, 3.63) is 21.9 Å². The van der Waals surface area contributed by atoms with Gasteiger partial charge in [0.05, 0.1) is 0 Å². The Hall–Kier alpha value is -0.380. The van der Waals surface area contributed by atoms with Crippen molar-refractivity contribution in [2.24, 2.45) is 5.92 Å². The highest BCUT2D eigenvalue weighted by Crippen LogP contribution is 2.44. The second-order valence-corrected chi connectivity index (χ2v) is 6.79. The molecule has 1 N–H and O–H groups in total. The van der Waals surface area contributed by atoms with E-state index in [9.17, 15) is 0 Å². The van der Waals surface area contributed by atoms with Crippen LogP contribution in [-0.2, 0) is 0 Å². The fraction of sp³-hybridized carbons (Fsp3) is 0.733. The summed E-state index contributed by atoms with van der Waals surface area (Å²) in [5.74, 6) is 0.793. The van der Waals surface area contributed by atoms with Crippen molar-refractivity contribution >= 4 is 11.3 Å². The van der Waals surface area contributed by atoms with Crippen LogP contribution in [0.25, 0.3) is 0 Å². The van der Waals surface area contributed by atoms with Crippen LogP contribution in [0.1, 0.15) is 42.2 Å². The molecule has 1 saturated carbocycles. The zero-order chi connectivity index (χ0) is 12.5. The summed E-state index contributed by atoms with van der Waals surface area (Å²) in [7, 11) is 2.09. The smallest absolute Gasteiger partial charge is 0.0487 e. The number of piperidine rings is 1. The number of nitrogens with zero attached hydrogens (tertiary/aromatic N) is 1. The largest absolute Gasteiger partial charge is 0.319 e. The number of thiophene rings is 1. The van der Waals surface area contributed by atoms with Crippen molar-refractivity contribution in [1.82, 2.24) is 10.2 Å². The van der Waals surface area contributed by atoms with E-state index in [-0.39, 0.29) is 0 Å². The number of aryl methyl sites for hydroxylation is 1. The molecule has 0 amide bonds. The second kappa shape index (κ2) is 5.32. The summed E-state index contributed by atoms with van der Waals surface area (Å²) in [6.07, 6.45) is 5.61. The Kier molecular flexibility index (Phi) is 3.73. The number of likely N-dealkylation sites (tertiary alicyclic amines) is 1. The van der Waals surface area contributed by atoms with Crippen LogP contribution in [-0.4, -0.2) is 31.1 Å². The summed E-state index contributed by atoms with van der Waals surface area (Å²) in [4.78, 5) is 4.44. The third-order valence-corrected chi connectivity index (χ3v) is 5.54. The fourth-order valence-electron chi connectivity index (χ4n) is 3.45. The zero-order valence-electron chi connectivity index (χ0n) is 11.5. The molecule has 0 bridgehead atoms. The van der Waals surface area contributed by atoms with Crippen LogP contribution in [0, 0.1) is 12.8 Å². The SMILES string of the molecule is CNCC1CCCN(C2CC2)C1c1sccc1C. The van der Waals surface area contributed by atoms with E-state index in [2.05, 4.69) is 35.6 Å². The standard InChI is InChI=1S/C15H24N2S/c1-11-7-9-18-15(11)14-12(10-16-2)4-3-8-17(14)13-5-6-13/h7,9,12-14,16H,3-6,8,10H2,1-2H3. The van der Waals surface area contributed by atoms with Crippen LogP contribution >= 0.6 is 11.3 Å². The van der Waals surface area contributed by atoms with Gasteiger partial charge in [0.2, 0.25) is 0 Å². The third kappa shape index (κ3) is 2.36. The summed E-state index contributed by atoms with van der Waals surface area (Å²) in [6, 6.07) is 3.85. The highest BCUT2D eigenvalue weighted by molar-refractivity contribution is 7.10. The fourth-order valence-corrected chi connectivity index (χ4v) is 4.59. The van der Waals surface area contributed by atoms with Crippen LogP contribution in [0.5, 0.6) is 0 Å². The molecule has 100 valence electrons. The van der Waals surface area contributed by atoms with Crippen LogP contribution in [0.3, 0.4) is 0 Å². The van der Waals surface area contributed by atoms with E-state index in [1.165, 1.54) is 37.8 Å². The summed E-state index contributed by atoms with van der Waals surface area (Å²) < 4.78 is 0. The number of nitrogens with one attached hydrogen (secondary N) is 1. The highest BCUT2D eigenvalue weighted by Gasteiger charge is 2.41. The number of hydrogen-bond acceptors (Lipinski definition) is 3. The maximum Gasteiger partial charge on any atom is 0.0487 e. The molecule has 0 spiro atoms. The molecule has 3 heteroatoms. The van der Waals surface area contributed by atoms with Gasteiger partial charge < -0.3 is 5.32 Å². The predicted octanol–water partition coefficient (Wildman–Crippen LogP) is 3.19. The van der Waals surface area contributed by atoms with Gasteiger partial charge in [0.1, 0.15) is 0 Å². The first-order chi connectivity index (χ1) is 8.81. The Labute approximate surface area is 114 Å². The Balaban J connectivity index is 1.88. The lowest BCUT2D eigenvalue weighted by molar-refractivity contribution is 0.0865. The van der Waals surface area contributed by atoms with Crippen LogP contribution < -0.4 is 5.32 Å². The summed E-state index contributed by atoms with van der Waals surface area (Å²) in [5.41, 5.74) is 1.50. The first-order valence-corrected chi connectivity index (χ1v) is 8.13. The predicted molar refractivity (Wildman–Crippen MR) is 78.2 cm³/mol. The van der Waals surface area contributed by atoms with Gasteiger partial charge in [-0.15, -0.1) is 11.3 Å². The van der Waals surface area contributed by atoms with E-state index in [4.69, 9.17) is 0 Å². The Morgan fingerprint density at radius 1 is 1.39 bits per heavy atom. The lowest BCUT2D eigenvalue weighted by atomic mass is 9.86. The number of hydrogen-bond donors (Lipinski definition) is 1. The molecule has 1 aromatic heterocycles. The topological polar surface area (TPSA) is 15.3 Å². The quantitative estimate of drug-likeness (QED) is 0.898. The van der Waals surface area contributed by atoms with Gasteiger partial charge >= 0.3 is 0 Å². The molecular weight excluding hydrogens is 240 g/mol. The average Bonchev–Trinajstić information content (AvgIpc) is 3.13. The van der Waals surface area contributed by atoms with Gasteiger partial charge in [0.15, 0.2) is 0 Å². The van der Waals surface area contributed by atoms with Crippen molar-refractivity contribution in [3.63, 3.8) is 0 Å². The first-order valence-electron chi connectivity index (χ1n) is 7.25. The highest BCUT2D eigenvalue weighted by atomic mass is 32.1. The molecular formula is C15H24N2S. The molecule has 3 rings (SSSR count). The monoisotopic (exact) mass is 264 g/mol. The molecule has 1 saturated heterocycles. The van der Waals surface area contributed by atoms with Gasteiger partial charge in [-0.2, -0.15) is 0 Å². The van der Waals surface area contributed by atoms with Crippen molar-refractivity contribution in [2.75, 3.05) is 20.1 Å². The van der Waals surface area contributed by atoms with Gasteiger partial charge in [-0.3, -0.25) is 4.90 Å².